The predicted octanol–water partition coefficient (Wildman–Crippen LogP) is 7.06. The van der Waals surface area contributed by atoms with Crippen molar-refractivity contribution in [1.82, 2.24) is 0 Å². The molecule has 1 heterocycles. The van der Waals surface area contributed by atoms with Crippen LogP contribution in [-0.2, 0) is 4.65 Å². The fraction of sp³-hybridized carbons (Fsp3) is 0.200. The molecule has 34 heavy (non-hydrogen) atoms. The van der Waals surface area contributed by atoms with Crippen LogP contribution in [0.25, 0.3) is 52.5 Å². The highest BCUT2D eigenvalue weighted by Gasteiger charge is 2.36. The lowest BCUT2D eigenvalue weighted by molar-refractivity contribution is -0.0893. The zero-order valence-electron chi connectivity index (χ0n) is 20.0. The molecule has 6 rings (SSSR count). The van der Waals surface area contributed by atoms with E-state index in [0.717, 1.165) is 5.46 Å². The molecule has 1 N–H and O–H groups in total. The number of hydrogen-bond acceptors (Lipinski definition) is 3. The van der Waals surface area contributed by atoms with E-state index >= 15 is 0 Å². The van der Waals surface area contributed by atoms with Gasteiger partial charge in [-0.25, -0.2) is 0 Å². The molecule has 0 radical (unpaired) electrons. The first kappa shape index (κ1) is 21.6. The van der Waals surface area contributed by atoms with Crippen molar-refractivity contribution in [3.05, 3.63) is 78.9 Å². The molecule has 0 spiro atoms. The van der Waals surface area contributed by atoms with Crippen molar-refractivity contribution in [2.24, 2.45) is 0 Å². The summed E-state index contributed by atoms with van der Waals surface area (Å²) in [6.45, 7) is 7.53. The molecule has 1 aromatic heterocycles. The topological polar surface area (TPSA) is 29.5 Å². The monoisotopic (exact) mass is 462 g/mol. The van der Waals surface area contributed by atoms with E-state index < -0.39 is 11.2 Å². The van der Waals surface area contributed by atoms with E-state index in [1.165, 1.54) is 52.5 Å². The summed E-state index contributed by atoms with van der Waals surface area (Å²) in [6, 6.07) is 28.4. The van der Waals surface area contributed by atoms with Crippen molar-refractivity contribution in [2.75, 3.05) is 0 Å². The van der Waals surface area contributed by atoms with Crippen LogP contribution in [0.15, 0.2) is 78.9 Å². The van der Waals surface area contributed by atoms with Crippen LogP contribution < -0.4 is 5.46 Å². The Kier molecular flexibility index (Phi) is 4.79. The summed E-state index contributed by atoms with van der Waals surface area (Å²) in [7, 11) is 0.436. The maximum Gasteiger partial charge on any atom is 0.310 e. The number of rotatable bonds is 4. The summed E-state index contributed by atoms with van der Waals surface area (Å²) in [6.07, 6.45) is 0. The van der Waals surface area contributed by atoms with Crippen LogP contribution in [0.2, 0.25) is 0 Å². The highest BCUT2D eigenvalue weighted by atomic mass is 32.1. The van der Waals surface area contributed by atoms with Gasteiger partial charge >= 0.3 is 7.48 Å². The lowest BCUT2D eigenvalue weighted by Gasteiger charge is -2.37. The van der Waals surface area contributed by atoms with E-state index in [1.807, 2.05) is 39.0 Å². The van der Waals surface area contributed by atoms with Crippen molar-refractivity contribution in [3.8, 4) is 0 Å². The van der Waals surface area contributed by atoms with Gasteiger partial charge in [-0.05, 0) is 76.9 Å². The Labute approximate surface area is 204 Å². The van der Waals surface area contributed by atoms with Crippen LogP contribution in [0, 0.1) is 0 Å². The molecule has 0 amide bonds. The molecule has 0 aliphatic carbocycles. The number of benzene rings is 5. The van der Waals surface area contributed by atoms with Gasteiger partial charge in [0.05, 0.1) is 11.2 Å². The second-order valence-corrected chi connectivity index (χ2v) is 11.3. The van der Waals surface area contributed by atoms with Crippen molar-refractivity contribution in [2.45, 2.75) is 38.9 Å². The van der Waals surface area contributed by atoms with Gasteiger partial charge in [0.2, 0.25) is 0 Å². The summed E-state index contributed by atoms with van der Waals surface area (Å²) < 4.78 is 9.00. The molecule has 0 fully saturated rings. The predicted molar refractivity (Wildman–Crippen MR) is 150 cm³/mol. The molecule has 0 unspecified atom stereocenters. The average molecular weight is 462 g/mol. The molecule has 4 heteroatoms. The molecule has 6 aromatic rings. The van der Waals surface area contributed by atoms with Gasteiger partial charge < -0.3 is 9.76 Å². The number of aliphatic hydroxyl groups is 1. The Hall–Kier alpha value is -2.92. The van der Waals surface area contributed by atoms with Gasteiger partial charge in [0.15, 0.2) is 0 Å². The first-order valence-corrected chi connectivity index (χ1v) is 12.6. The van der Waals surface area contributed by atoms with E-state index in [0.29, 0.717) is 7.48 Å². The Morgan fingerprint density at radius 1 is 0.676 bits per heavy atom. The summed E-state index contributed by atoms with van der Waals surface area (Å²) in [4.78, 5) is 0. The largest absolute Gasteiger partial charge is 0.427 e. The fourth-order valence-electron chi connectivity index (χ4n) is 4.90. The Balaban J connectivity index is 1.76. The van der Waals surface area contributed by atoms with E-state index in [4.69, 9.17) is 4.65 Å². The highest BCUT2D eigenvalue weighted by Crippen LogP contribution is 2.43. The fourth-order valence-corrected chi connectivity index (χ4v) is 6.21. The maximum atomic E-state index is 10.7. The van der Waals surface area contributed by atoms with Crippen molar-refractivity contribution in [1.29, 1.82) is 0 Å². The standard InChI is InChI=1S/C30H27BO2S/c1-29(2,32)30(3,4)33-31-24-17-23-20-13-6-5-11-18(20)19-12-7-8-14-21(19)26(23)28-27(24)22-15-9-10-16-25(22)34-28/h5-17,31-32H,1-4H3. The van der Waals surface area contributed by atoms with Crippen LogP contribution in [0.3, 0.4) is 0 Å². The Morgan fingerprint density at radius 3 is 1.85 bits per heavy atom. The maximum absolute atomic E-state index is 10.7. The number of hydrogen-bond donors (Lipinski definition) is 1. The smallest absolute Gasteiger partial charge is 0.310 e. The third kappa shape index (κ3) is 3.17. The van der Waals surface area contributed by atoms with Gasteiger partial charge in [0.1, 0.15) is 0 Å². The summed E-state index contributed by atoms with van der Waals surface area (Å²) in [5.41, 5.74) is -0.480. The molecule has 0 aliphatic heterocycles. The summed E-state index contributed by atoms with van der Waals surface area (Å²) >= 11 is 1.86. The van der Waals surface area contributed by atoms with E-state index in [9.17, 15) is 5.11 Å². The van der Waals surface area contributed by atoms with Gasteiger partial charge in [0, 0.05) is 14.8 Å². The summed E-state index contributed by atoms with van der Waals surface area (Å²) in [5.74, 6) is 0. The van der Waals surface area contributed by atoms with Crippen LogP contribution in [0.4, 0.5) is 0 Å². The first-order chi connectivity index (χ1) is 16.3. The lowest BCUT2D eigenvalue weighted by atomic mass is 9.78. The Bertz CT molecular complexity index is 1720. The van der Waals surface area contributed by atoms with Crippen molar-refractivity contribution in [3.63, 3.8) is 0 Å². The van der Waals surface area contributed by atoms with Gasteiger partial charge in [0.25, 0.3) is 0 Å². The van der Waals surface area contributed by atoms with E-state index in [2.05, 4.69) is 78.9 Å². The Morgan fingerprint density at radius 2 is 1.21 bits per heavy atom. The van der Waals surface area contributed by atoms with Gasteiger partial charge in [-0.1, -0.05) is 72.8 Å². The molecule has 2 nitrogen and oxygen atoms in total. The minimum atomic E-state index is -0.956. The van der Waals surface area contributed by atoms with E-state index in [-0.39, 0.29) is 0 Å². The SMILES string of the molecule is CC(C)(O)C(C)(C)OBc1cc2c3ccccc3c3ccccc3c2c2sc3ccccc3c12. The molecule has 0 saturated heterocycles. The zero-order valence-corrected chi connectivity index (χ0v) is 20.8. The molecule has 168 valence electrons. The van der Waals surface area contributed by atoms with Crippen molar-refractivity contribution < 1.29 is 9.76 Å². The third-order valence-corrected chi connectivity index (χ3v) is 8.69. The van der Waals surface area contributed by atoms with Gasteiger partial charge in [-0.2, -0.15) is 0 Å². The number of fused-ring (bicyclic) bond motifs is 10. The van der Waals surface area contributed by atoms with Crippen LogP contribution >= 0.6 is 11.3 Å². The quantitative estimate of drug-likeness (QED) is 0.225. The summed E-state index contributed by atoms with van der Waals surface area (Å²) in [5, 5.41) is 20.9. The lowest BCUT2D eigenvalue weighted by Crippen LogP contribution is -2.49. The van der Waals surface area contributed by atoms with E-state index in [1.54, 1.807) is 0 Å². The second-order valence-electron chi connectivity index (χ2n) is 10.2. The minimum absolute atomic E-state index is 0.436. The minimum Gasteiger partial charge on any atom is -0.427 e. The van der Waals surface area contributed by atoms with Gasteiger partial charge in [-0.15, -0.1) is 11.3 Å². The van der Waals surface area contributed by atoms with Gasteiger partial charge in [-0.3, -0.25) is 0 Å². The normalized spacial score (nSPS) is 13.0. The molecule has 0 atom stereocenters. The molecular weight excluding hydrogens is 435 g/mol. The molecule has 0 aliphatic rings. The van der Waals surface area contributed by atoms with Crippen LogP contribution in [0.5, 0.6) is 0 Å². The average Bonchev–Trinajstić information content (AvgIpc) is 3.21. The van der Waals surface area contributed by atoms with Crippen molar-refractivity contribution >= 4 is 76.8 Å². The molecular formula is C30H27BO2S. The molecule has 0 bridgehead atoms. The van der Waals surface area contributed by atoms with Crippen LogP contribution in [0.1, 0.15) is 27.7 Å². The molecule has 0 saturated carbocycles. The zero-order chi connectivity index (χ0) is 23.7. The molecule has 5 aromatic carbocycles. The second kappa shape index (κ2) is 7.54. The first-order valence-electron chi connectivity index (χ1n) is 11.8. The third-order valence-electron chi connectivity index (χ3n) is 7.50. The van der Waals surface area contributed by atoms with Crippen LogP contribution in [-0.4, -0.2) is 23.8 Å². The highest BCUT2D eigenvalue weighted by molar-refractivity contribution is 7.27. The number of thiophene rings is 1.